The normalized spacial score (nSPS) is 18.9. The molecule has 2 atom stereocenters. The zero-order chi connectivity index (χ0) is 23.3. The molecule has 4 rings (SSSR count). The van der Waals surface area contributed by atoms with Crippen molar-refractivity contribution in [3.8, 4) is 5.75 Å². The number of carbonyl (C=O) groups is 2. The van der Waals surface area contributed by atoms with E-state index in [1.54, 1.807) is 60.7 Å². The van der Waals surface area contributed by atoms with Crippen molar-refractivity contribution in [2.24, 2.45) is 0 Å². The average Bonchev–Trinajstić information content (AvgIpc) is 3.12. The van der Waals surface area contributed by atoms with Crippen LogP contribution in [0, 0.1) is 0 Å². The molecule has 8 heteroatoms. The molecule has 0 bridgehead atoms. The molecule has 1 saturated heterocycles. The molecule has 7 nitrogen and oxygen atoms in total. The van der Waals surface area contributed by atoms with E-state index in [-0.39, 0.29) is 18.1 Å². The van der Waals surface area contributed by atoms with Crippen molar-refractivity contribution in [2.45, 2.75) is 18.7 Å². The molecule has 0 N–H and O–H groups in total. The van der Waals surface area contributed by atoms with Crippen molar-refractivity contribution in [1.29, 1.82) is 0 Å². The van der Waals surface area contributed by atoms with E-state index in [0.29, 0.717) is 11.3 Å². The zero-order valence-corrected chi connectivity index (χ0v) is 18.6. The first-order chi connectivity index (χ1) is 15.9. The second-order valence-corrected chi connectivity index (χ2v) is 9.90. The van der Waals surface area contributed by atoms with Gasteiger partial charge in [0.1, 0.15) is 11.9 Å². The van der Waals surface area contributed by atoms with Gasteiger partial charge in [-0.25, -0.2) is 18.0 Å². The van der Waals surface area contributed by atoms with Gasteiger partial charge in [0.25, 0.3) is 0 Å². The Kier molecular flexibility index (Phi) is 6.74. The van der Waals surface area contributed by atoms with Crippen LogP contribution in [0.5, 0.6) is 5.75 Å². The van der Waals surface area contributed by atoms with E-state index in [2.05, 4.69) is 0 Å². The predicted octanol–water partition coefficient (Wildman–Crippen LogP) is 3.71. The first-order valence-electron chi connectivity index (χ1n) is 10.5. The smallest absolute Gasteiger partial charge is 0.415 e. The van der Waals surface area contributed by atoms with Gasteiger partial charge in [0.05, 0.1) is 23.1 Å². The number of sulfone groups is 1. The highest BCUT2D eigenvalue weighted by Crippen LogP contribution is 2.25. The van der Waals surface area contributed by atoms with Gasteiger partial charge in [0, 0.05) is 6.54 Å². The van der Waals surface area contributed by atoms with Crippen LogP contribution in [0.1, 0.15) is 15.9 Å². The number of carbonyl (C=O) groups excluding carboxylic acids is 2. The van der Waals surface area contributed by atoms with Gasteiger partial charge in [-0.1, -0.05) is 66.7 Å². The fourth-order valence-electron chi connectivity index (χ4n) is 3.73. The molecule has 1 aliphatic heterocycles. The summed E-state index contributed by atoms with van der Waals surface area (Å²) in [5, 5.41) is 0. The number of amides is 1. The van der Waals surface area contributed by atoms with E-state index < -0.39 is 34.0 Å². The molecule has 33 heavy (non-hydrogen) atoms. The fourth-order valence-corrected chi connectivity index (χ4v) is 5.57. The second kappa shape index (κ2) is 9.87. The summed E-state index contributed by atoms with van der Waals surface area (Å²) in [4.78, 5) is 27.2. The molecule has 0 radical (unpaired) electrons. The van der Waals surface area contributed by atoms with Crippen molar-refractivity contribution < 1.29 is 27.5 Å². The molecule has 170 valence electrons. The maximum Gasteiger partial charge on any atom is 0.415 e. The molecule has 3 aromatic carbocycles. The molecule has 3 aromatic rings. The lowest BCUT2D eigenvalue weighted by Crippen LogP contribution is -2.48. The molecular weight excluding hydrogens is 442 g/mol. The van der Waals surface area contributed by atoms with Crippen LogP contribution in [0.2, 0.25) is 0 Å². The molecule has 1 amide bonds. The monoisotopic (exact) mass is 465 g/mol. The number of rotatable bonds is 6. The lowest BCUT2D eigenvalue weighted by molar-refractivity contribution is 0.0143. The third-order valence-corrected chi connectivity index (χ3v) is 7.00. The van der Waals surface area contributed by atoms with Crippen LogP contribution in [-0.2, 0) is 21.1 Å². The quantitative estimate of drug-likeness (QED) is 0.516. The van der Waals surface area contributed by atoms with Crippen molar-refractivity contribution in [3.05, 3.63) is 102 Å². The number of para-hydroxylation sites is 1. The Labute approximate surface area is 192 Å². The molecule has 1 fully saturated rings. The summed E-state index contributed by atoms with van der Waals surface area (Å²) in [7, 11) is -3.54. The summed E-state index contributed by atoms with van der Waals surface area (Å²) in [6, 6.07) is 25.1. The molecule has 0 aliphatic carbocycles. The number of hydrogen-bond donors (Lipinski definition) is 0. The van der Waals surface area contributed by atoms with Crippen LogP contribution in [-0.4, -0.2) is 49.0 Å². The zero-order valence-electron chi connectivity index (χ0n) is 17.7. The molecule has 0 saturated carbocycles. The Balaban J connectivity index is 1.62. The van der Waals surface area contributed by atoms with Gasteiger partial charge < -0.3 is 9.47 Å². The van der Waals surface area contributed by atoms with Crippen molar-refractivity contribution in [1.82, 2.24) is 4.90 Å². The van der Waals surface area contributed by atoms with Crippen LogP contribution in [0.25, 0.3) is 0 Å². The molecule has 0 aromatic heterocycles. The number of nitrogens with zero attached hydrogens (tertiary/aromatic N) is 1. The van der Waals surface area contributed by atoms with Crippen molar-refractivity contribution >= 4 is 21.9 Å². The maximum atomic E-state index is 13.2. The van der Waals surface area contributed by atoms with Crippen LogP contribution < -0.4 is 4.74 Å². The SMILES string of the molecule is O=C(OC1CS(=O)(=O)CC1N(Cc1ccccc1)C(=O)Oc1ccccc1)c1ccccc1. The predicted molar refractivity (Wildman–Crippen MR) is 123 cm³/mol. The summed E-state index contributed by atoms with van der Waals surface area (Å²) in [6.07, 6.45) is -1.73. The summed E-state index contributed by atoms with van der Waals surface area (Å²) in [5.74, 6) is -0.991. The van der Waals surface area contributed by atoms with Gasteiger partial charge in [-0.05, 0) is 29.8 Å². The highest BCUT2D eigenvalue weighted by Gasteiger charge is 2.45. The second-order valence-electron chi connectivity index (χ2n) is 7.75. The molecule has 1 heterocycles. The van der Waals surface area contributed by atoms with E-state index in [1.807, 2.05) is 30.3 Å². The minimum atomic E-state index is -3.54. The average molecular weight is 466 g/mol. The number of hydrogen-bond acceptors (Lipinski definition) is 6. The van der Waals surface area contributed by atoms with E-state index in [4.69, 9.17) is 9.47 Å². The maximum absolute atomic E-state index is 13.2. The van der Waals surface area contributed by atoms with Gasteiger partial charge in [-0.15, -0.1) is 0 Å². The summed E-state index contributed by atoms with van der Waals surface area (Å²) in [6.45, 7) is 0.103. The minimum absolute atomic E-state index is 0.103. The molecule has 1 aliphatic rings. The Bertz CT molecular complexity index is 1200. The van der Waals surface area contributed by atoms with E-state index >= 15 is 0 Å². The Morgan fingerprint density at radius 3 is 2.03 bits per heavy atom. The van der Waals surface area contributed by atoms with Crippen LogP contribution in [0.4, 0.5) is 4.79 Å². The number of ether oxygens (including phenoxy) is 2. The highest BCUT2D eigenvalue weighted by atomic mass is 32.2. The standard InChI is InChI=1S/C25H23NO6S/c27-24(20-12-6-2-7-13-20)32-23-18-33(29,30)17-22(23)26(16-19-10-4-1-5-11-19)25(28)31-21-14-8-3-9-15-21/h1-15,22-23H,16-18H2. The third kappa shape index (κ3) is 5.78. The van der Waals surface area contributed by atoms with Gasteiger partial charge in [-0.2, -0.15) is 0 Å². The van der Waals surface area contributed by atoms with Crippen LogP contribution in [0.3, 0.4) is 0 Å². The van der Waals surface area contributed by atoms with Crippen LogP contribution >= 0.6 is 0 Å². The summed E-state index contributed by atoms with van der Waals surface area (Å²) in [5.41, 5.74) is 1.10. The Morgan fingerprint density at radius 1 is 0.818 bits per heavy atom. The van der Waals surface area contributed by atoms with E-state index in [9.17, 15) is 18.0 Å². The van der Waals surface area contributed by atoms with Gasteiger partial charge >= 0.3 is 12.1 Å². The first-order valence-corrected chi connectivity index (χ1v) is 12.3. The number of esters is 1. The van der Waals surface area contributed by atoms with E-state index in [0.717, 1.165) is 5.56 Å². The largest absolute Gasteiger partial charge is 0.455 e. The topological polar surface area (TPSA) is 90.0 Å². The lowest BCUT2D eigenvalue weighted by atomic mass is 10.1. The van der Waals surface area contributed by atoms with Crippen molar-refractivity contribution in [3.63, 3.8) is 0 Å². The van der Waals surface area contributed by atoms with Crippen LogP contribution in [0.15, 0.2) is 91.0 Å². The summed E-state index contributed by atoms with van der Waals surface area (Å²) >= 11 is 0. The molecular formula is C25H23NO6S. The Morgan fingerprint density at radius 2 is 1.39 bits per heavy atom. The summed E-state index contributed by atoms with van der Waals surface area (Å²) < 4.78 is 36.2. The highest BCUT2D eigenvalue weighted by molar-refractivity contribution is 7.91. The van der Waals surface area contributed by atoms with Gasteiger partial charge in [-0.3, -0.25) is 4.90 Å². The molecule has 0 spiro atoms. The lowest BCUT2D eigenvalue weighted by Gasteiger charge is -2.31. The third-order valence-electron chi connectivity index (χ3n) is 5.32. The van der Waals surface area contributed by atoms with E-state index in [1.165, 1.54) is 4.90 Å². The Hall–Kier alpha value is -3.65. The first kappa shape index (κ1) is 22.5. The van der Waals surface area contributed by atoms with Crippen molar-refractivity contribution in [2.75, 3.05) is 11.5 Å². The fraction of sp³-hybridized carbons (Fsp3) is 0.200. The molecule has 2 unspecified atom stereocenters. The number of benzene rings is 3. The minimum Gasteiger partial charge on any atom is -0.455 e. The van der Waals surface area contributed by atoms with Gasteiger partial charge in [0.15, 0.2) is 9.84 Å². The van der Waals surface area contributed by atoms with Gasteiger partial charge in [0.2, 0.25) is 0 Å².